The average Bonchev–Trinajstić information content (AvgIpc) is 2.65. The lowest BCUT2D eigenvalue weighted by Gasteiger charge is -2.33. The Morgan fingerprint density at radius 1 is 1.21 bits per heavy atom. The summed E-state index contributed by atoms with van der Waals surface area (Å²) in [5.41, 5.74) is 1.66. The minimum absolute atomic E-state index is 0.0666. The van der Waals surface area contributed by atoms with E-state index in [1.54, 1.807) is 19.2 Å². The number of benzene rings is 1. The molecule has 0 N–H and O–H groups in total. The van der Waals surface area contributed by atoms with Crippen molar-refractivity contribution in [1.29, 1.82) is 0 Å². The van der Waals surface area contributed by atoms with Crippen LogP contribution in [0.15, 0.2) is 30.5 Å². The predicted molar refractivity (Wildman–Crippen MR) is 97.2 cm³/mol. The molecule has 1 aromatic carbocycles. The summed E-state index contributed by atoms with van der Waals surface area (Å²) in [7, 11) is 0. The van der Waals surface area contributed by atoms with E-state index in [1.165, 1.54) is 12.1 Å². The van der Waals surface area contributed by atoms with Crippen LogP contribution in [-0.2, 0) is 9.53 Å². The van der Waals surface area contributed by atoms with E-state index in [9.17, 15) is 22.4 Å². The minimum atomic E-state index is -4.41. The molecule has 1 unspecified atom stereocenters. The van der Waals surface area contributed by atoms with Crippen molar-refractivity contribution in [2.75, 3.05) is 6.61 Å². The summed E-state index contributed by atoms with van der Waals surface area (Å²) in [5.74, 6) is -2.52. The van der Waals surface area contributed by atoms with Gasteiger partial charge in [-0.1, -0.05) is 0 Å². The standard InChI is InChI=1S/C21H23F4NO2/c1-2-28-20(27)18(12-21(23,24)25)14-5-3-13(4-6-14)16-9-10-26-19-8-7-15(22)11-17(16)19/h7-11,13-14,18H,2-6,12H2,1H3. The van der Waals surface area contributed by atoms with E-state index >= 15 is 0 Å². The Hall–Kier alpha value is -2.18. The SMILES string of the molecule is CCOC(=O)C(CC(F)(F)F)C1CCC(c2ccnc3ccc(F)cc23)CC1. The zero-order valence-corrected chi connectivity index (χ0v) is 15.6. The predicted octanol–water partition coefficient (Wildman–Crippen LogP) is 5.78. The van der Waals surface area contributed by atoms with E-state index in [0.717, 1.165) is 10.9 Å². The molecule has 2 aromatic rings. The average molecular weight is 397 g/mol. The van der Waals surface area contributed by atoms with Crippen LogP contribution in [0.3, 0.4) is 0 Å². The maximum Gasteiger partial charge on any atom is 0.389 e. The monoisotopic (exact) mass is 397 g/mol. The highest BCUT2D eigenvalue weighted by molar-refractivity contribution is 5.82. The van der Waals surface area contributed by atoms with Crippen molar-refractivity contribution in [3.8, 4) is 0 Å². The van der Waals surface area contributed by atoms with Gasteiger partial charge in [0.25, 0.3) is 0 Å². The number of carbonyl (C=O) groups is 1. The molecule has 1 atom stereocenters. The van der Waals surface area contributed by atoms with Crippen LogP contribution in [0.4, 0.5) is 17.6 Å². The molecule has 1 aliphatic rings. The summed E-state index contributed by atoms with van der Waals surface area (Å²) in [4.78, 5) is 16.4. The molecule has 1 aromatic heterocycles. The van der Waals surface area contributed by atoms with Gasteiger partial charge in [0.15, 0.2) is 0 Å². The molecule has 152 valence electrons. The van der Waals surface area contributed by atoms with Gasteiger partial charge in [0.05, 0.1) is 24.5 Å². The van der Waals surface area contributed by atoms with Crippen molar-refractivity contribution in [2.45, 2.75) is 51.1 Å². The molecule has 0 aliphatic heterocycles. The van der Waals surface area contributed by atoms with Gasteiger partial charge in [-0.3, -0.25) is 9.78 Å². The number of esters is 1. The molecule has 3 nitrogen and oxygen atoms in total. The maximum atomic E-state index is 13.7. The second-order valence-electron chi connectivity index (χ2n) is 7.35. The molecule has 3 rings (SSSR count). The summed E-state index contributed by atoms with van der Waals surface area (Å²) in [5, 5.41) is 0.739. The van der Waals surface area contributed by atoms with Gasteiger partial charge < -0.3 is 4.74 Å². The summed E-state index contributed by atoms with van der Waals surface area (Å²) in [6.07, 6.45) is -1.58. The number of fused-ring (bicyclic) bond motifs is 1. The molecule has 0 spiro atoms. The first-order valence-electron chi connectivity index (χ1n) is 9.56. The molecule has 1 heterocycles. The number of halogens is 4. The molecule has 1 saturated carbocycles. The third-order valence-electron chi connectivity index (χ3n) is 5.56. The van der Waals surface area contributed by atoms with E-state index in [2.05, 4.69) is 4.98 Å². The van der Waals surface area contributed by atoms with Crippen LogP contribution in [0.5, 0.6) is 0 Å². The smallest absolute Gasteiger partial charge is 0.389 e. The molecular weight excluding hydrogens is 374 g/mol. The first kappa shape index (κ1) is 20.6. The second kappa shape index (κ2) is 8.45. The number of alkyl halides is 3. The number of hydrogen-bond donors (Lipinski definition) is 0. The van der Waals surface area contributed by atoms with Gasteiger partial charge in [-0.2, -0.15) is 13.2 Å². The fourth-order valence-corrected chi connectivity index (χ4v) is 4.27. The van der Waals surface area contributed by atoms with Gasteiger partial charge in [-0.25, -0.2) is 4.39 Å². The largest absolute Gasteiger partial charge is 0.466 e. The number of aromatic nitrogens is 1. The quantitative estimate of drug-likeness (QED) is 0.474. The van der Waals surface area contributed by atoms with Gasteiger partial charge in [0.1, 0.15) is 5.82 Å². The fraction of sp³-hybridized carbons (Fsp3) is 0.524. The van der Waals surface area contributed by atoms with E-state index in [1.807, 2.05) is 6.07 Å². The van der Waals surface area contributed by atoms with Crippen LogP contribution >= 0.6 is 0 Å². The van der Waals surface area contributed by atoms with Gasteiger partial charge in [0, 0.05) is 11.6 Å². The number of hydrogen-bond acceptors (Lipinski definition) is 3. The van der Waals surface area contributed by atoms with Crippen molar-refractivity contribution in [3.05, 3.63) is 41.8 Å². The van der Waals surface area contributed by atoms with Crippen LogP contribution in [0.1, 0.15) is 50.5 Å². The Morgan fingerprint density at radius 2 is 1.93 bits per heavy atom. The number of ether oxygens (including phenoxy) is 1. The number of rotatable bonds is 5. The number of pyridine rings is 1. The van der Waals surface area contributed by atoms with Crippen LogP contribution in [0, 0.1) is 17.7 Å². The zero-order chi connectivity index (χ0) is 20.3. The molecular formula is C21H23F4NO2. The van der Waals surface area contributed by atoms with Gasteiger partial charge in [-0.05, 0) is 74.3 Å². The molecule has 0 bridgehead atoms. The van der Waals surface area contributed by atoms with Gasteiger partial charge in [0.2, 0.25) is 0 Å². The normalized spacial score (nSPS) is 21.5. The van der Waals surface area contributed by atoms with Crippen molar-refractivity contribution < 1.29 is 27.1 Å². The molecule has 1 fully saturated rings. The van der Waals surface area contributed by atoms with Crippen LogP contribution in [0.25, 0.3) is 10.9 Å². The molecule has 0 radical (unpaired) electrons. The second-order valence-corrected chi connectivity index (χ2v) is 7.35. The highest BCUT2D eigenvalue weighted by atomic mass is 19.4. The third-order valence-corrected chi connectivity index (χ3v) is 5.56. The number of nitrogens with zero attached hydrogens (tertiary/aromatic N) is 1. The third kappa shape index (κ3) is 4.80. The Morgan fingerprint density at radius 3 is 2.57 bits per heavy atom. The maximum absolute atomic E-state index is 13.7. The fourth-order valence-electron chi connectivity index (χ4n) is 4.27. The highest BCUT2D eigenvalue weighted by Gasteiger charge is 2.41. The lowest BCUT2D eigenvalue weighted by atomic mass is 9.72. The van der Waals surface area contributed by atoms with Crippen molar-refractivity contribution >= 4 is 16.9 Å². The lowest BCUT2D eigenvalue weighted by molar-refractivity contribution is -0.172. The molecule has 0 saturated heterocycles. The first-order valence-corrected chi connectivity index (χ1v) is 9.56. The summed E-state index contributed by atoms with van der Waals surface area (Å²) in [6.45, 7) is 1.66. The minimum Gasteiger partial charge on any atom is -0.466 e. The van der Waals surface area contributed by atoms with E-state index < -0.39 is 24.5 Å². The van der Waals surface area contributed by atoms with Crippen LogP contribution < -0.4 is 0 Å². The Bertz CT molecular complexity index is 829. The lowest BCUT2D eigenvalue weighted by Crippen LogP contribution is -2.32. The highest BCUT2D eigenvalue weighted by Crippen LogP contribution is 2.43. The summed E-state index contributed by atoms with van der Waals surface area (Å²) in [6, 6.07) is 6.29. The Labute approximate surface area is 161 Å². The summed E-state index contributed by atoms with van der Waals surface area (Å²) >= 11 is 0. The molecule has 1 aliphatic carbocycles. The van der Waals surface area contributed by atoms with Crippen molar-refractivity contribution in [2.24, 2.45) is 11.8 Å². The topological polar surface area (TPSA) is 39.2 Å². The van der Waals surface area contributed by atoms with Gasteiger partial charge >= 0.3 is 12.1 Å². The van der Waals surface area contributed by atoms with E-state index in [4.69, 9.17) is 4.74 Å². The Kier molecular flexibility index (Phi) is 6.20. The van der Waals surface area contributed by atoms with Crippen molar-refractivity contribution in [3.63, 3.8) is 0 Å². The molecule has 0 amide bonds. The molecule has 7 heteroatoms. The molecule has 28 heavy (non-hydrogen) atoms. The van der Waals surface area contributed by atoms with E-state index in [0.29, 0.717) is 31.2 Å². The van der Waals surface area contributed by atoms with Gasteiger partial charge in [-0.15, -0.1) is 0 Å². The Balaban J connectivity index is 1.76. The summed E-state index contributed by atoms with van der Waals surface area (Å²) < 4.78 is 57.5. The van der Waals surface area contributed by atoms with Crippen LogP contribution in [-0.4, -0.2) is 23.7 Å². The first-order chi connectivity index (χ1) is 13.3. The number of carbonyl (C=O) groups excluding carboxylic acids is 1. The van der Waals surface area contributed by atoms with Crippen LogP contribution in [0.2, 0.25) is 0 Å². The van der Waals surface area contributed by atoms with Crippen molar-refractivity contribution in [1.82, 2.24) is 4.98 Å². The zero-order valence-electron chi connectivity index (χ0n) is 15.6. The van der Waals surface area contributed by atoms with E-state index in [-0.39, 0.29) is 24.3 Å².